The zero-order chi connectivity index (χ0) is 19.1. The molecule has 0 spiro atoms. The van der Waals surface area contributed by atoms with Gasteiger partial charge >= 0.3 is 6.18 Å². The van der Waals surface area contributed by atoms with Crippen LogP contribution in [0.2, 0.25) is 0 Å². The first-order valence-corrected chi connectivity index (χ1v) is 7.64. The second-order valence-corrected chi connectivity index (χ2v) is 5.82. The molecule has 0 fully saturated rings. The molecule has 1 aromatic heterocycles. The quantitative estimate of drug-likeness (QED) is 0.760. The largest absolute Gasteiger partial charge is 0.418 e. The Morgan fingerprint density at radius 1 is 1.15 bits per heavy atom. The van der Waals surface area contributed by atoms with Crippen LogP contribution < -0.4 is 10.7 Å². The number of benzene rings is 2. The van der Waals surface area contributed by atoms with Gasteiger partial charge < -0.3 is 5.32 Å². The molecule has 1 heterocycles. The molecule has 5 nitrogen and oxygen atoms in total. The molecule has 0 unspecified atom stereocenters. The van der Waals surface area contributed by atoms with Crippen LogP contribution in [0.5, 0.6) is 0 Å². The fourth-order valence-corrected chi connectivity index (χ4v) is 2.66. The molecule has 134 valence electrons. The molecular formula is C18H14F3N3O2. The third-order valence-electron chi connectivity index (χ3n) is 3.91. The molecule has 8 heteroatoms. The monoisotopic (exact) mass is 361 g/mol. The molecule has 0 saturated heterocycles. The average molecular weight is 361 g/mol. The van der Waals surface area contributed by atoms with Gasteiger partial charge in [0.15, 0.2) is 5.69 Å². The molecule has 3 aromatic rings. The number of halogens is 3. The van der Waals surface area contributed by atoms with Crippen LogP contribution in [0, 0.1) is 6.92 Å². The molecule has 0 aliphatic rings. The van der Waals surface area contributed by atoms with Gasteiger partial charge in [-0.15, -0.1) is 0 Å². The highest BCUT2D eigenvalue weighted by Crippen LogP contribution is 2.34. The van der Waals surface area contributed by atoms with Gasteiger partial charge in [-0.05, 0) is 31.2 Å². The Balaban J connectivity index is 2.08. The minimum absolute atomic E-state index is 0.275. The summed E-state index contributed by atoms with van der Waals surface area (Å²) >= 11 is 0. The number of hydrogen-bond acceptors (Lipinski definition) is 3. The van der Waals surface area contributed by atoms with Crippen molar-refractivity contribution in [2.75, 3.05) is 5.32 Å². The van der Waals surface area contributed by atoms with Crippen molar-refractivity contribution in [2.24, 2.45) is 7.05 Å². The van der Waals surface area contributed by atoms with E-state index in [2.05, 4.69) is 10.4 Å². The Morgan fingerprint density at radius 2 is 1.85 bits per heavy atom. The van der Waals surface area contributed by atoms with Gasteiger partial charge in [-0.2, -0.15) is 18.3 Å². The number of nitrogens with zero attached hydrogens (tertiary/aromatic N) is 2. The Labute approximate surface area is 146 Å². The zero-order valence-electron chi connectivity index (χ0n) is 13.9. The van der Waals surface area contributed by atoms with Crippen LogP contribution >= 0.6 is 0 Å². The van der Waals surface area contributed by atoms with Crippen molar-refractivity contribution >= 4 is 22.5 Å². The summed E-state index contributed by atoms with van der Waals surface area (Å²) in [5, 5.41) is 6.35. The molecule has 3 rings (SSSR count). The molecule has 1 amide bonds. The molecule has 0 bridgehead atoms. The van der Waals surface area contributed by atoms with E-state index >= 15 is 0 Å². The van der Waals surface area contributed by atoms with Gasteiger partial charge in [0.25, 0.3) is 5.91 Å². The molecule has 0 aliphatic heterocycles. The summed E-state index contributed by atoms with van der Waals surface area (Å²) in [6.45, 7) is 1.79. The summed E-state index contributed by atoms with van der Waals surface area (Å²) in [5.74, 6) is -0.995. The number of fused-ring (bicyclic) bond motifs is 1. The van der Waals surface area contributed by atoms with E-state index < -0.39 is 34.5 Å². The lowest BCUT2D eigenvalue weighted by molar-refractivity contribution is -0.136. The lowest BCUT2D eigenvalue weighted by atomic mass is 10.1. The Morgan fingerprint density at radius 3 is 2.54 bits per heavy atom. The Hall–Kier alpha value is -3.16. The van der Waals surface area contributed by atoms with Crippen molar-refractivity contribution < 1.29 is 18.0 Å². The number of carbonyl (C=O) groups excluding carboxylic acids is 1. The van der Waals surface area contributed by atoms with Crippen LogP contribution in [-0.4, -0.2) is 15.7 Å². The van der Waals surface area contributed by atoms with Crippen molar-refractivity contribution in [3.8, 4) is 0 Å². The SMILES string of the molecule is Cc1ccc2c(c1)c(=O)c(C(=O)Nc1ccccc1C(F)(F)F)nn2C. The maximum atomic E-state index is 13.1. The molecular weight excluding hydrogens is 347 g/mol. The van der Waals surface area contributed by atoms with Crippen LogP contribution in [0.25, 0.3) is 10.9 Å². The van der Waals surface area contributed by atoms with E-state index in [1.807, 2.05) is 0 Å². The molecule has 0 aliphatic carbocycles. The number of aromatic nitrogens is 2. The normalized spacial score (nSPS) is 11.6. The van der Waals surface area contributed by atoms with Gasteiger partial charge in [-0.1, -0.05) is 23.8 Å². The predicted octanol–water partition coefficient (Wildman–Crippen LogP) is 3.51. The number of aryl methyl sites for hydroxylation is 2. The average Bonchev–Trinajstić information content (AvgIpc) is 2.57. The minimum Gasteiger partial charge on any atom is -0.320 e. The fourth-order valence-electron chi connectivity index (χ4n) is 2.66. The van der Waals surface area contributed by atoms with E-state index in [1.54, 1.807) is 32.2 Å². The van der Waals surface area contributed by atoms with Gasteiger partial charge in [-0.25, -0.2) is 0 Å². The van der Waals surface area contributed by atoms with E-state index in [4.69, 9.17) is 0 Å². The number of alkyl halides is 3. The molecule has 0 atom stereocenters. The first kappa shape index (κ1) is 17.7. The van der Waals surface area contributed by atoms with E-state index in [0.29, 0.717) is 5.52 Å². The summed E-state index contributed by atoms with van der Waals surface area (Å²) in [4.78, 5) is 25.0. The van der Waals surface area contributed by atoms with Crippen LogP contribution in [0.4, 0.5) is 18.9 Å². The summed E-state index contributed by atoms with van der Waals surface area (Å²) in [5.41, 5.74) is -1.20. The van der Waals surface area contributed by atoms with Gasteiger partial charge in [0.2, 0.25) is 5.43 Å². The molecule has 26 heavy (non-hydrogen) atoms. The molecule has 0 radical (unpaired) electrons. The van der Waals surface area contributed by atoms with E-state index in [-0.39, 0.29) is 5.39 Å². The van der Waals surface area contributed by atoms with Gasteiger partial charge in [0.1, 0.15) is 0 Å². The fraction of sp³-hybridized carbons (Fsp3) is 0.167. The predicted molar refractivity (Wildman–Crippen MR) is 91.1 cm³/mol. The van der Waals surface area contributed by atoms with Crippen LogP contribution in [-0.2, 0) is 13.2 Å². The number of hydrogen-bond donors (Lipinski definition) is 1. The van der Waals surface area contributed by atoms with E-state index in [9.17, 15) is 22.8 Å². The number of rotatable bonds is 2. The smallest absolute Gasteiger partial charge is 0.320 e. The van der Waals surface area contributed by atoms with Crippen molar-refractivity contribution in [3.63, 3.8) is 0 Å². The van der Waals surface area contributed by atoms with Crippen LogP contribution in [0.1, 0.15) is 21.6 Å². The third kappa shape index (κ3) is 3.17. The summed E-state index contributed by atoms with van der Waals surface area (Å²) < 4.78 is 40.5. The second kappa shape index (κ2) is 6.29. The highest BCUT2D eigenvalue weighted by molar-refractivity contribution is 6.04. The molecule has 0 saturated carbocycles. The number of nitrogens with one attached hydrogen (secondary N) is 1. The maximum Gasteiger partial charge on any atom is 0.418 e. The minimum atomic E-state index is -4.64. The number of amides is 1. The molecule has 1 N–H and O–H groups in total. The van der Waals surface area contributed by atoms with E-state index in [1.165, 1.54) is 16.8 Å². The number of carbonyl (C=O) groups is 1. The van der Waals surface area contributed by atoms with Crippen molar-refractivity contribution in [3.05, 3.63) is 69.5 Å². The second-order valence-electron chi connectivity index (χ2n) is 5.82. The highest BCUT2D eigenvalue weighted by Gasteiger charge is 2.34. The number of para-hydroxylation sites is 1. The zero-order valence-corrected chi connectivity index (χ0v) is 13.9. The summed E-state index contributed by atoms with van der Waals surface area (Å²) in [6, 6.07) is 9.65. The lowest BCUT2D eigenvalue weighted by Gasteiger charge is -2.13. The summed E-state index contributed by atoms with van der Waals surface area (Å²) in [6.07, 6.45) is -4.64. The first-order valence-electron chi connectivity index (χ1n) is 7.64. The van der Waals surface area contributed by atoms with Crippen LogP contribution in [0.15, 0.2) is 47.3 Å². The Kier molecular flexibility index (Phi) is 4.27. The lowest BCUT2D eigenvalue weighted by Crippen LogP contribution is -2.27. The highest BCUT2D eigenvalue weighted by atomic mass is 19.4. The van der Waals surface area contributed by atoms with E-state index in [0.717, 1.165) is 17.7 Å². The maximum absolute atomic E-state index is 13.1. The van der Waals surface area contributed by atoms with Crippen molar-refractivity contribution in [2.45, 2.75) is 13.1 Å². The number of anilines is 1. The van der Waals surface area contributed by atoms with Crippen LogP contribution in [0.3, 0.4) is 0 Å². The third-order valence-corrected chi connectivity index (χ3v) is 3.91. The standard InChI is InChI=1S/C18H14F3N3O2/c1-10-7-8-14-11(9-10)16(25)15(23-24(14)2)17(26)22-13-6-4-3-5-12(13)18(19,20)21/h3-9H,1-2H3,(H,22,26). The Bertz CT molecular complexity index is 1070. The van der Waals surface area contributed by atoms with Crippen molar-refractivity contribution in [1.29, 1.82) is 0 Å². The van der Waals surface area contributed by atoms with Gasteiger partial charge in [-0.3, -0.25) is 14.3 Å². The topological polar surface area (TPSA) is 64.0 Å². The molecule has 2 aromatic carbocycles. The van der Waals surface area contributed by atoms with Crippen molar-refractivity contribution in [1.82, 2.24) is 9.78 Å². The first-order chi connectivity index (χ1) is 12.2. The summed E-state index contributed by atoms with van der Waals surface area (Å²) in [7, 11) is 1.55. The van der Waals surface area contributed by atoms with Gasteiger partial charge in [0.05, 0.1) is 22.2 Å². The van der Waals surface area contributed by atoms with Gasteiger partial charge in [0, 0.05) is 7.05 Å².